The highest BCUT2D eigenvalue weighted by Gasteiger charge is 2.25. The Balaban J connectivity index is 1.93. The Labute approximate surface area is 178 Å². The molecule has 0 spiro atoms. The highest BCUT2D eigenvalue weighted by molar-refractivity contribution is 6.12. The first-order valence-corrected chi connectivity index (χ1v) is 9.89. The third kappa shape index (κ3) is 4.90. The fraction of sp³-hybridized carbons (Fsp3) is 0.200. The average molecular weight is 393 g/mol. The summed E-state index contributed by atoms with van der Waals surface area (Å²) >= 11 is 0. The summed E-state index contributed by atoms with van der Waals surface area (Å²) in [4.78, 5) is 18.1. The van der Waals surface area contributed by atoms with Crippen molar-refractivity contribution in [2.45, 2.75) is 20.0 Å². The van der Waals surface area contributed by atoms with Gasteiger partial charge >= 0.3 is 12.0 Å². The van der Waals surface area contributed by atoms with Gasteiger partial charge < -0.3 is 9.74 Å². The van der Waals surface area contributed by atoms with Crippen molar-refractivity contribution in [3.8, 4) is 0 Å². The Hall–Kier alpha value is -3.96. The van der Waals surface area contributed by atoms with E-state index in [4.69, 9.17) is 13.1 Å². The SMILES string of the molecule is [C-]#[N+]C1=NC(C=Cc2ccc(N(CC)CC)cc2)=CC(c2ccccc2)=NC1[N+]#[C-]. The lowest BCUT2D eigenvalue weighted by Gasteiger charge is -2.20. The molecule has 0 N–H and O–H groups in total. The maximum atomic E-state index is 7.42. The maximum Gasteiger partial charge on any atom is 0.371 e. The quantitative estimate of drug-likeness (QED) is 0.597. The van der Waals surface area contributed by atoms with Crippen LogP contribution in [-0.2, 0) is 0 Å². The van der Waals surface area contributed by atoms with E-state index < -0.39 is 6.17 Å². The van der Waals surface area contributed by atoms with Crippen molar-refractivity contribution in [1.29, 1.82) is 0 Å². The molecular weight excluding hydrogens is 370 g/mol. The highest BCUT2D eigenvalue weighted by Crippen LogP contribution is 2.19. The predicted molar refractivity (Wildman–Crippen MR) is 125 cm³/mol. The first-order valence-electron chi connectivity index (χ1n) is 9.89. The maximum absolute atomic E-state index is 7.42. The molecule has 1 aliphatic heterocycles. The molecule has 30 heavy (non-hydrogen) atoms. The van der Waals surface area contributed by atoms with Crippen LogP contribution in [0.5, 0.6) is 0 Å². The van der Waals surface area contributed by atoms with Gasteiger partial charge in [-0.2, -0.15) is 0 Å². The average Bonchev–Trinajstić information content (AvgIpc) is 2.99. The van der Waals surface area contributed by atoms with Crippen molar-refractivity contribution in [1.82, 2.24) is 0 Å². The van der Waals surface area contributed by atoms with Gasteiger partial charge in [0.1, 0.15) is 0 Å². The second-order valence-electron chi connectivity index (χ2n) is 6.63. The zero-order valence-electron chi connectivity index (χ0n) is 17.2. The molecule has 0 saturated carbocycles. The molecule has 148 valence electrons. The van der Waals surface area contributed by atoms with E-state index in [-0.39, 0.29) is 5.84 Å². The van der Waals surface area contributed by atoms with Gasteiger partial charge in [-0.1, -0.05) is 55.1 Å². The van der Waals surface area contributed by atoms with Crippen LogP contribution in [-0.4, -0.2) is 30.8 Å². The fourth-order valence-electron chi connectivity index (χ4n) is 3.18. The summed E-state index contributed by atoms with van der Waals surface area (Å²) in [6.07, 6.45) is 4.73. The zero-order chi connectivity index (χ0) is 21.3. The molecule has 2 aromatic carbocycles. The van der Waals surface area contributed by atoms with Gasteiger partial charge in [-0.25, -0.2) is 11.6 Å². The van der Waals surface area contributed by atoms with Gasteiger partial charge in [-0.3, -0.25) is 4.85 Å². The summed E-state index contributed by atoms with van der Waals surface area (Å²) in [5.41, 5.74) is 4.37. The molecule has 1 unspecified atom stereocenters. The number of hydrogen-bond donors (Lipinski definition) is 0. The Morgan fingerprint density at radius 2 is 1.67 bits per heavy atom. The van der Waals surface area contributed by atoms with Crippen molar-refractivity contribution < 1.29 is 0 Å². The van der Waals surface area contributed by atoms with Crippen molar-refractivity contribution >= 4 is 23.3 Å². The van der Waals surface area contributed by atoms with Crippen LogP contribution in [0.15, 0.2) is 82.4 Å². The van der Waals surface area contributed by atoms with Crippen molar-refractivity contribution in [2.24, 2.45) is 9.98 Å². The molecule has 5 heteroatoms. The molecule has 2 aromatic rings. The number of amidine groups is 1. The van der Waals surface area contributed by atoms with E-state index in [0.717, 1.165) is 24.2 Å². The number of hydrogen-bond acceptors (Lipinski definition) is 3. The predicted octanol–water partition coefficient (Wildman–Crippen LogP) is 5.50. The molecule has 0 aliphatic carbocycles. The number of anilines is 1. The molecule has 0 fully saturated rings. The molecule has 5 nitrogen and oxygen atoms in total. The molecule has 0 bridgehead atoms. The summed E-state index contributed by atoms with van der Waals surface area (Å²) in [6, 6.07) is 18.0. The second-order valence-corrected chi connectivity index (χ2v) is 6.63. The Morgan fingerprint density at radius 1 is 0.967 bits per heavy atom. The molecule has 1 atom stereocenters. The Kier molecular flexibility index (Phi) is 6.92. The van der Waals surface area contributed by atoms with E-state index in [1.54, 1.807) is 0 Å². The molecular formula is C25H23N5. The van der Waals surface area contributed by atoms with Crippen molar-refractivity contribution in [3.63, 3.8) is 0 Å². The number of rotatable bonds is 6. The van der Waals surface area contributed by atoms with Crippen LogP contribution in [0.2, 0.25) is 0 Å². The molecule has 1 heterocycles. The molecule has 0 saturated heterocycles. The summed E-state index contributed by atoms with van der Waals surface area (Å²) in [5.74, 6) is 0.0868. The third-order valence-electron chi connectivity index (χ3n) is 4.80. The number of aliphatic imine (C=N–C) groups is 2. The monoisotopic (exact) mass is 393 g/mol. The van der Waals surface area contributed by atoms with Crippen LogP contribution < -0.4 is 4.90 Å². The number of benzene rings is 2. The minimum absolute atomic E-state index is 0.0868. The van der Waals surface area contributed by atoms with Crippen LogP contribution in [0.3, 0.4) is 0 Å². The number of allylic oxidation sites excluding steroid dienone is 2. The molecule has 0 aromatic heterocycles. The normalized spacial score (nSPS) is 16.0. The van der Waals surface area contributed by atoms with E-state index in [2.05, 4.69) is 62.7 Å². The van der Waals surface area contributed by atoms with Crippen LogP contribution in [0.4, 0.5) is 5.69 Å². The second kappa shape index (κ2) is 10.0. The van der Waals surface area contributed by atoms with Crippen LogP contribution in [0.1, 0.15) is 25.0 Å². The standard InChI is InChI=1S/C25H23N5/c1-5-30(6-2)22-16-13-19(14-17-22)12-15-21-18-23(20-10-8-7-9-11-20)29-25(27-4)24(26-3)28-21/h7-18,25H,5-6H2,1-2H3. The fourth-order valence-corrected chi connectivity index (χ4v) is 3.18. The minimum atomic E-state index is -0.923. The van der Waals surface area contributed by atoms with E-state index in [0.29, 0.717) is 11.4 Å². The van der Waals surface area contributed by atoms with Gasteiger partial charge in [0.25, 0.3) is 0 Å². The van der Waals surface area contributed by atoms with E-state index in [1.165, 1.54) is 5.69 Å². The zero-order valence-corrected chi connectivity index (χ0v) is 17.2. The van der Waals surface area contributed by atoms with Crippen LogP contribution in [0.25, 0.3) is 15.8 Å². The Bertz CT molecular complexity index is 1070. The lowest BCUT2D eigenvalue weighted by Crippen LogP contribution is -2.21. The molecule has 1 aliphatic rings. The lowest BCUT2D eigenvalue weighted by molar-refractivity contribution is 0.866. The van der Waals surface area contributed by atoms with Crippen LogP contribution in [0, 0.1) is 13.1 Å². The van der Waals surface area contributed by atoms with Crippen molar-refractivity contribution in [2.75, 3.05) is 18.0 Å². The lowest BCUT2D eigenvalue weighted by atomic mass is 10.1. The van der Waals surface area contributed by atoms with E-state index >= 15 is 0 Å². The third-order valence-corrected chi connectivity index (χ3v) is 4.80. The summed E-state index contributed by atoms with van der Waals surface area (Å²) in [5, 5.41) is 0. The van der Waals surface area contributed by atoms with Crippen molar-refractivity contribution in [3.05, 3.63) is 106 Å². The largest absolute Gasteiger partial charge is 0.372 e. The summed E-state index contributed by atoms with van der Waals surface area (Å²) < 4.78 is 0. The molecule has 3 rings (SSSR count). The minimum Gasteiger partial charge on any atom is -0.372 e. The van der Waals surface area contributed by atoms with E-state index in [9.17, 15) is 0 Å². The summed E-state index contributed by atoms with van der Waals surface area (Å²) in [7, 11) is 0. The smallest absolute Gasteiger partial charge is 0.371 e. The van der Waals surface area contributed by atoms with E-state index in [1.807, 2.05) is 48.6 Å². The molecule has 0 amide bonds. The van der Waals surface area contributed by atoms with Gasteiger partial charge in [-0.15, -0.1) is 4.99 Å². The van der Waals surface area contributed by atoms with Crippen LogP contribution >= 0.6 is 0 Å². The van der Waals surface area contributed by atoms with Gasteiger partial charge in [0.05, 0.1) is 5.71 Å². The van der Waals surface area contributed by atoms with Gasteiger partial charge in [0.15, 0.2) is 5.70 Å². The first-order chi connectivity index (χ1) is 14.7. The van der Waals surface area contributed by atoms with Gasteiger partial charge in [0.2, 0.25) is 0 Å². The van der Waals surface area contributed by atoms with Gasteiger partial charge in [-0.05, 0) is 37.6 Å². The highest BCUT2D eigenvalue weighted by atomic mass is 15.1. The van der Waals surface area contributed by atoms with Gasteiger partial charge in [0, 0.05) is 30.4 Å². The topological polar surface area (TPSA) is 36.7 Å². The first kappa shape index (κ1) is 20.8. The summed E-state index contributed by atoms with van der Waals surface area (Å²) in [6.45, 7) is 21.1. The number of nitrogens with zero attached hydrogens (tertiary/aromatic N) is 5. The Morgan fingerprint density at radius 3 is 2.27 bits per heavy atom. The molecule has 0 radical (unpaired) electrons.